The molecule has 6 heteroatoms. The Kier molecular flexibility index (Phi) is 4.81. The van der Waals surface area contributed by atoms with Crippen LogP contribution in [0.4, 0.5) is 9.59 Å². The number of phenols is 1. The van der Waals surface area contributed by atoms with E-state index in [1.54, 1.807) is 24.3 Å². The molecule has 0 aliphatic carbocycles. The van der Waals surface area contributed by atoms with Crippen LogP contribution in [-0.2, 0) is 11.2 Å². The number of likely N-dealkylation sites (tertiary alicyclic amines) is 1. The molecule has 2 N–H and O–H groups in total. The molecule has 0 aromatic heterocycles. The quantitative estimate of drug-likeness (QED) is 0.827. The third-order valence-corrected chi connectivity index (χ3v) is 3.16. The molecule has 1 aliphatic heterocycles. The maximum Gasteiger partial charge on any atom is 0.418 e. The number of hydrogen-bond donors (Lipinski definition) is 2. The van der Waals surface area contributed by atoms with E-state index in [2.05, 4.69) is 10.1 Å². The Morgan fingerprint density at radius 3 is 2.50 bits per heavy atom. The van der Waals surface area contributed by atoms with Crippen molar-refractivity contribution in [3.8, 4) is 5.75 Å². The predicted octanol–water partition coefficient (Wildman–Crippen LogP) is 1.88. The first-order valence-corrected chi connectivity index (χ1v) is 6.67. The number of nitrogens with zero attached hydrogens (tertiary/aromatic N) is 1. The highest BCUT2D eigenvalue weighted by molar-refractivity contribution is 5.83. The number of ether oxygens (including phenoxy) is 1. The van der Waals surface area contributed by atoms with Crippen molar-refractivity contribution in [2.24, 2.45) is 0 Å². The average molecular weight is 278 g/mol. The molecule has 1 heterocycles. The summed E-state index contributed by atoms with van der Waals surface area (Å²) < 4.78 is 4.69. The molecule has 0 spiro atoms. The topological polar surface area (TPSA) is 78.9 Å². The Balaban J connectivity index is 1.67. The minimum absolute atomic E-state index is 0.206. The first-order valence-electron chi connectivity index (χ1n) is 6.67. The van der Waals surface area contributed by atoms with Crippen molar-refractivity contribution in [3.63, 3.8) is 0 Å². The van der Waals surface area contributed by atoms with Crippen LogP contribution in [-0.4, -0.2) is 41.8 Å². The summed E-state index contributed by atoms with van der Waals surface area (Å²) >= 11 is 0. The molecule has 6 nitrogen and oxygen atoms in total. The molecule has 0 unspecified atom stereocenters. The molecule has 1 fully saturated rings. The van der Waals surface area contributed by atoms with E-state index in [1.165, 1.54) is 4.90 Å². The minimum atomic E-state index is -0.722. The Morgan fingerprint density at radius 1 is 1.20 bits per heavy atom. The maximum absolute atomic E-state index is 11.5. The molecule has 1 saturated heterocycles. The van der Waals surface area contributed by atoms with Crippen LogP contribution in [0.25, 0.3) is 0 Å². The summed E-state index contributed by atoms with van der Waals surface area (Å²) in [6.07, 6.45) is 1.22. The highest BCUT2D eigenvalue weighted by Gasteiger charge is 2.21. The molecule has 2 rings (SSSR count). The van der Waals surface area contributed by atoms with Crippen LogP contribution in [0.1, 0.15) is 18.4 Å². The lowest BCUT2D eigenvalue weighted by atomic mass is 10.1. The van der Waals surface area contributed by atoms with Gasteiger partial charge in [-0.05, 0) is 37.0 Å². The molecule has 20 heavy (non-hydrogen) atoms. The molecule has 1 aromatic carbocycles. The summed E-state index contributed by atoms with van der Waals surface area (Å²) in [5.41, 5.74) is 0.981. The molecular formula is C14H18N2O4. The summed E-state index contributed by atoms with van der Waals surface area (Å²) in [4.78, 5) is 24.5. The lowest BCUT2D eigenvalue weighted by Gasteiger charge is -2.14. The molecule has 0 radical (unpaired) electrons. The summed E-state index contributed by atoms with van der Waals surface area (Å²) in [6, 6.07) is 6.73. The third kappa shape index (κ3) is 4.15. The normalized spacial score (nSPS) is 14.1. The predicted molar refractivity (Wildman–Crippen MR) is 72.5 cm³/mol. The smallest absolute Gasteiger partial charge is 0.418 e. The zero-order valence-electron chi connectivity index (χ0n) is 11.2. The van der Waals surface area contributed by atoms with E-state index in [0.29, 0.717) is 26.1 Å². The van der Waals surface area contributed by atoms with Crippen molar-refractivity contribution in [3.05, 3.63) is 29.8 Å². The van der Waals surface area contributed by atoms with Gasteiger partial charge in [0, 0.05) is 19.6 Å². The molecule has 1 aromatic rings. The van der Waals surface area contributed by atoms with Crippen LogP contribution in [0.5, 0.6) is 5.75 Å². The average Bonchev–Trinajstić information content (AvgIpc) is 2.95. The fourth-order valence-electron chi connectivity index (χ4n) is 2.05. The van der Waals surface area contributed by atoms with Crippen LogP contribution >= 0.6 is 0 Å². The summed E-state index contributed by atoms with van der Waals surface area (Å²) in [7, 11) is 0. The molecule has 108 valence electrons. The van der Waals surface area contributed by atoms with Crippen LogP contribution in [0.3, 0.4) is 0 Å². The monoisotopic (exact) mass is 278 g/mol. The van der Waals surface area contributed by atoms with Crippen LogP contribution in [0, 0.1) is 0 Å². The first kappa shape index (κ1) is 14.2. The van der Waals surface area contributed by atoms with E-state index in [-0.39, 0.29) is 5.75 Å². The second-order valence-corrected chi connectivity index (χ2v) is 4.69. The number of nitrogens with one attached hydrogen (secondary N) is 1. The molecule has 2 amide bonds. The van der Waals surface area contributed by atoms with Crippen LogP contribution < -0.4 is 5.32 Å². The summed E-state index contributed by atoms with van der Waals surface area (Å²) in [5, 5.41) is 11.7. The summed E-state index contributed by atoms with van der Waals surface area (Å²) in [6.45, 7) is 1.68. The first-order chi connectivity index (χ1) is 9.65. The van der Waals surface area contributed by atoms with Crippen molar-refractivity contribution in [1.82, 2.24) is 10.2 Å². The number of alkyl carbamates (subject to hydrolysis) is 1. The van der Waals surface area contributed by atoms with Crippen molar-refractivity contribution in [2.45, 2.75) is 19.3 Å². The van der Waals surface area contributed by atoms with Crippen molar-refractivity contribution in [2.75, 3.05) is 19.6 Å². The third-order valence-electron chi connectivity index (χ3n) is 3.16. The van der Waals surface area contributed by atoms with Crippen molar-refractivity contribution >= 4 is 12.2 Å². The van der Waals surface area contributed by atoms with E-state index < -0.39 is 12.2 Å². The van der Waals surface area contributed by atoms with Gasteiger partial charge in [-0.15, -0.1) is 0 Å². The molecule has 0 atom stereocenters. The fraction of sp³-hybridized carbons (Fsp3) is 0.429. The second kappa shape index (κ2) is 6.79. The minimum Gasteiger partial charge on any atom is -0.508 e. The van der Waals surface area contributed by atoms with Crippen molar-refractivity contribution < 1.29 is 19.4 Å². The van der Waals surface area contributed by atoms with Gasteiger partial charge in [-0.3, -0.25) is 0 Å². The van der Waals surface area contributed by atoms with Gasteiger partial charge in [0.05, 0.1) is 0 Å². The Bertz CT molecular complexity index is 467. The number of hydrogen-bond acceptors (Lipinski definition) is 4. The Morgan fingerprint density at radius 2 is 1.85 bits per heavy atom. The number of aromatic hydroxyl groups is 1. The van der Waals surface area contributed by atoms with Gasteiger partial charge in [0.2, 0.25) is 0 Å². The Hall–Kier alpha value is -2.24. The number of rotatable bonds is 3. The molecule has 1 aliphatic rings. The molecular weight excluding hydrogens is 260 g/mol. The van der Waals surface area contributed by atoms with Gasteiger partial charge in [-0.25, -0.2) is 9.59 Å². The second-order valence-electron chi connectivity index (χ2n) is 4.69. The van der Waals surface area contributed by atoms with E-state index in [1.807, 2.05) is 0 Å². The fourth-order valence-corrected chi connectivity index (χ4v) is 2.05. The number of phenolic OH excluding ortho intramolecular Hbond substituents is 1. The van der Waals surface area contributed by atoms with Gasteiger partial charge >= 0.3 is 12.2 Å². The molecule has 0 saturated carbocycles. The van der Waals surface area contributed by atoms with Gasteiger partial charge in [0.25, 0.3) is 0 Å². The zero-order valence-corrected chi connectivity index (χ0v) is 11.2. The van der Waals surface area contributed by atoms with Crippen LogP contribution in [0.2, 0.25) is 0 Å². The highest BCUT2D eigenvalue weighted by Crippen LogP contribution is 2.10. The van der Waals surface area contributed by atoms with Crippen LogP contribution in [0.15, 0.2) is 24.3 Å². The number of amides is 2. The lowest BCUT2D eigenvalue weighted by Crippen LogP contribution is -2.35. The van der Waals surface area contributed by atoms with Gasteiger partial charge < -0.3 is 20.1 Å². The van der Waals surface area contributed by atoms with Gasteiger partial charge in [-0.1, -0.05) is 12.1 Å². The van der Waals surface area contributed by atoms with Gasteiger partial charge in [0.1, 0.15) is 5.75 Å². The molecule has 0 bridgehead atoms. The number of benzene rings is 1. The highest BCUT2D eigenvalue weighted by atomic mass is 16.6. The van der Waals surface area contributed by atoms with Gasteiger partial charge in [0.15, 0.2) is 0 Å². The number of carbonyl (C=O) groups excluding carboxylic acids is 2. The Labute approximate surface area is 117 Å². The largest absolute Gasteiger partial charge is 0.508 e. The zero-order chi connectivity index (χ0) is 14.4. The number of carbonyl (C=O) groups is 2. The SMILES string of the molecule is O=C(NCCc1ccc(O)cc1)OC(=O)N1CCCC1. The van der Waals surface area contributed by atoms with Crippen molar-refractivity contribution in [1.29, 1.82) is 0 Å². The standard InChI is InChI=1S/C14H18N2O4/c17-12-5-3-11(4-6-12)7-8-15-13(18)20-14(19)16-9-1-2-10-16/h3-6,17H,1-2,7-10H2,(H,15,18). The van der Waals surface area contributed by atoms with E-state index >= 15 is 0 Å². The van der Waals surface area contributed by atoms with E-state index in [0.717, 1.165) is 18.4 Å². The lowest BCUT2D eigenvalue weighted by molar-refractivity contribution is 0.124. The van der Waals surface area contributed by atoms with E-state index in [4.69, 9.17) is 5.11 Å². The van der Waals surface area contributed by atoms with Gasteiger partial charge in [-0.2, -0.15) is 0 Å². The maximum atomic E-state index is 11.5. The summed E-state index contributed by atoms with van der Waals surface area (Å²) in [5.74, 6) is 0.206. The van der Waals surface area contributed by atoms with E-state index in [9.17, 15) is 9.59 Å².